The molecule has 0 heterocycles. The fraction of sp³-hybridized carbons (Fsp3) is 0.348. The van der Waals surface area contributed by atoms with Gasteiger partial charge in [-0.2, -0.15) is 0 Å². The molecule has 0 aliphatic rings. The van der Waals surface area contributed by atoms with E-state index >= 15 is 0 Å². The Balaban J connectivity index is 2.44. The highest BCUT2D eigenvalue weighted by Gasteiger charge is 2.23. The molecule has 0 saturated carbocycles. The second-order valence-corrected chi connectivity index (χ2v) is 7.54. The number of hydrogen-bond donors (Lipinski definition) is 1. The number of ether oxygens (including phenoxy) is 1. The molecule has 154 valence electrons. The van der Waals surface area contributed by atoms with Gasteiger partial charge >= 0.3 is 5.97 Å². The summed E-state index contributed by atoms with van der Waals surface area (Å²) in [5, 5.41) is 9.16. The molecule has 0 unspecified atom stereocenters. The van der Waals surface area contributed by atoms with E-state index < -0.39 is 0 Å². The van der Waals surface area contributed by atoms with Crippen LogP contribution in [0.2, 0.25) is 5.02 Å². The second-order valence-electron chi connectivity index (χ2n) is 7.10. The molecule has 0 bridgehead atoms. The van der Waals surface area contributed by atoms with Crippen LogP contribution in [0.1, 0.15) is 44.7 Å². The summed E-state index contributed by atoms with van der Waals surface area (Å²) in [5.74, 6) is -0.297. The number of anilines is 1. The predicted molar refractivity (Wildman–Crippen MR) is 117 cm³/mol. The number of esters is 1. The third-order valence-corrected chi connectivity index (χ3v) is 4.55. The first-order valence-electron chi connectivity index (χ1n) is 9.73. The van der Waals surface area contributed by atoms with Gasteiger partial charge in [-0.05, 0) is 31.0 Å². The second kappa shape index (κ2) is 10.8. The van der Waals surface area contributed by atoms with E-state index in [4.69, 9.17) is 21.7 Å². The van der Waals surface area contributed by atoms with Gasteiger partial charge in [-0.25, -0.2) is 0 Å². The summed E-state index contributed by atoms with van der Waals surface area (Å²) in [6.07, 6.45) is 0.419. The summed E-state index contributed by atoms with van der Waals surface area (Å²) in [7, 11) is 0. The van der Waals surface area contributed by atoms with Crippen LogP contribution in [-0.4, -0.2) is 30.7 Å². The van der Waals surface area contributed by atoms with Gasteiger partial charge < -0.3 is 9.64 Å². The lowest BCUT2D eigenvalue weighted by molar-refractivity contribution is -0.142. The minimum Gasteiger partial charge on any atom is -0.466 e. The Hall–Kier alpha value is -2.66. The molecule has 0 aliphatic heterocycles. The lowest BCUT2D eigenvalue weighted by atomic mass is 9.99. The molecule has 0 radical (unpaired) electrons. The molecule has 0 fully saturated rings. The molecule has 29 heavy (non-hydrogen) atoms. The van der Waals surface area contributed by atoms with Gasteiger partial charge in [-0.15, -0.1) is 0 Å². The highest BCUT2D eigenvalue weighted by molar-refractivity contribution is 6.31. The van der Waals surface area contributed by atoms with Gasteiger partial charge in [0.1, 0.15) is 0 Å². The largest absolute Gasteiger partial charge is 0.466 e. The minimum absolute atomic E-state index is 0.0818. The average Bonchev–Trinajstić information content (AvgIpc) is 2.68. The summed E-state index contributed by atoms with van der Waals surface area (Å²) in [5.41, 5.74) is 2.10. The maximum atomic E-state index is 13.0. The topological polar surface area (TPSA) is 70.5 Å². The van der Waals surface area contributed by atoms with Crippen LogP contribution in [0.25, 0.3) is 0 Å². The number of nitrogens with zero attached hydrogens (tertiary/aromatic N) is 1. The van der Waals surface area contributed by atoms with Crippen molar-refractivity contribution >= 4 is 34.9 Å². The third-order valence-electron chi connectivity index (χ3n) is 4.31. The first-order chi connectivity index (χ1) is 13.8. The van der Waals surface area contributed by atoms with Crippen LogP contribution in [0.15, 0.2) is 48.5 Å². The number of nitrogens with one attached hydrogen (secondary N) is 1. The van der Waals surface area contributed by atoms with E-state index in [-0.39, 0.29) is 36.5 Å². The fourth-order valence-electron chi connectivity index (χ4n) is 2.98. The van der Waals surface area contributed by atoms with Crippen molar-refractivity contribution in [2.45, 2.75) is 33.6 Å². The molecule has 2 aromatic carbocycles. The molecular weight excluding hydrogens is 388 g/mol. The molecular formula is C23H27ClN2O3. The van der Waals surface area contributed by atoms with Crippen LogP contribution in [-0.2, 0) is 14.3 Å². The van der Waals surface area contributed by atoms with Crippen molar-refractivity contribution in [3.8, 4) is 0 Å². The summed E-state index contributed by atoms with van der Waals surface area (Å²) in [4.78, 5) is 26.5. The molecule has 0 saturated heterocycles. The number of benzene rings is 2. The Morgan fingerprint density at radius 3 is 2.45 bits per heavy atom. The van der Waals surface area contributed by atoms with Crippen LogP contribution in [0.3, 0.4) is 0 Å². The molecule has 2 aromatic rings. The van der Waals surface area contributed by atoms with Gasteiger partial charge in [0.2, 0.25) is 5.91 Å². The molecule has 5 nitrogen and oxygen atoms in total. The number of halogens is 1. The maximum absolute atomic E-state index is 13.0. The van der Waals surface area contributed by atoms with Crippen molar-refractivity contribution in [3.63, 3.8) is 0 Å². The zero-order valence-electron chi connectivity index (χ0n) is 17.1. The first kappa shape index (κ1) is 22.6. The van der Waals surface area contributed by atoms with E-state index in [2.05, 4.69) is 0 Å². The minimum atomic E-state index is -0.358. The van der Waals surface area contributed by atoms with Gasteiger partial charge in [0.25, 0.3) is 0 Å². The summed E-state index contributed by atoms with van der Waals surface area (Å²) in [6, 6.07) is 14.4. The predicted octanol–water partition coefficient (Wildman–Crippen LogP) is 5.09. The molecule has 6 heteroatoms. The molecule has 0 atom stereocenters. The monoisotopic (exact) mass is 414 g/mol. The van der Waals surface area contributed by atoms with Crippen molar-refractivity contribution in [1.82, 2.24) is 0 Å². The van der Waals surface area contributed by atoms with E-state index in [1.54, 1.807) is 30.0 Å². The van der Waals surface area contributed by atoms with Crippen molar-refractivity contribution in [2.24, 2.45) is 5.92 Å². The van der Waals surface area contributed by atoms with Gasteiger partial charge in [0.05, 0.1) is 24.4 Å². The van der Waals surface area contributed by atoms with Crippen molar-refractivity contribution < 1.29 is 14.3 Å². The van der Waals surface area contributed by atoms with Crippen LogP contribution < -0.4 is 4.90 Å². The van der Waals surface area contributed by atoms with Crippen LogP contribution >= 0.6 is 11.6 Å². The zero-order chi connectivity index (χ0) is 21.4. The standard InChI is InChI=1S/C23H27ClN2O3/c1-4-29-22(28)12-13-26(21(27)14-16(2)3)20-11-10-18(24)15-19(20)23(25)17-8-6-5-7-9-17/h5-11,15-16,25H,4,12-14H2,1-3H3. The smallest absolute Gasteiger partial charge is 0.307 e. The molecule has 1 N–H and O–H groups in total. The zero-order valence-corrected chi connectivity index (χ0v) is 17.8. The Morgan fingerprint density at radius 1 is 1.14 bits per heavy atom. The fourth-order valence-corrected chi connectivity index (χ4v) is 3.15. The van der Waals surface area contributed by atoms with Gasteiger partial charge in [0.15, 0.2) is 0 Å². The molecule has 2 rings (SSSR count). The summed E-state index contributed by atoms with van der Waals surface area (Å²) < 4.78 is 5.01. The normalized spacial score (nSPS) is 10.7. The van der Waals surface area contributed by atoms with E-state index in [9.17, 15) is 9.59 Å². The number of carbonyl (C=O) groups is 2. The first-order valence-corrected chi connectivity index (χ1v) is 10.1. The quantitative estimate of drug-likeness (QED) is 0.459. The molecule has 0 spiro atoms. The summed E-state index contributed by atoms with van der Waals surface area (Å²) in [6.45, 7) is 6.16. The number of carbonyl (C=O) groups excluding carboxylic acids is 2. The van der Waals surface area contributed by atoms with Crippen molar-refractivity contribution in [1.29, 1.82) is 5.41 Å². The number of hydrogen-bond acceptors (Lipinski definition) is 4. The van der Waals surface area contributed by atoms with Crippen LogP contribution in [0.4, 0.5) is 5.69 Å². The highest BCUT2D eigenvalue weighted by Crippen LogP contribution is 2.28. The molecule has 0 aliphatic carbocycles. The number of amides is 1. The van der Waals surface area contributed by atoms with Crippen molar-refractivity contribution in [3.05, 3.63) is 64.7 Å². The van der Waals surface area contributed by atoms with Gasteiger partial charge in [-0.1, -0.05) is 55.8 Å². The Bertz CT molecular complexity index is 866. The Kier molecular flexibility index (Phi) is 8.40. The van der Waals surface area contributed by atoms with Gasteiger partial charge in [-0.3, -0.25) is 15.0 Å². The van der Waals surface area contributed by atoms with Crippen LogP contribution in [0, 0.1) is 11.3 Å². The van der Waals surface area contributed by atoms with E-state index in [1.165, 1.54) is 0 Å². The molecule has 0 aromatic heterocycles. The average molecular weight is 415 g/mol. The van der Waals surface area contributed by atoms with E-state index in [0.717, 1.165) is 5.56 Å². The lowest BCUT2D eigenvalue weighted by Gasteiger charge is -2.26. The van der Waals surface area contributed by atoms with Gasteiger partial charge in [0, 0.05) is 29.1 Å². The Morgan fingerprint density at radius 2 is 1.83 bits per heavy atom. The lowest BCUT2D eigenvalue weighted by Crippen LogP contribution is -2.35. The number of rotatable bonds is 9. The van der Waals surface area contributed by atoms with E-state index in [0.29, 0.717) is 29.3 Å². The highest BCUT2D eigenvalue weighted by atomic mass is 35.5. The van der Waals surface area contributed by atoms with Crippen LogP contribution in [0.5, 0.6) is 0 Å². The van der Waals surface area contributed by atoms with E-state index in [1.807, 2.05) is 44.2 Å². The summed E-state index contributed by atoms with van der Waals surface area (Å²) >= 11 is 6.21. The molecule has 1 amide bonds. The maximum Gasteiger partial charge on any atom is 0.307 e. The SMILES string of the molecule is CCOC(=O)CCN(C(=O)CC(C)C)c1ccc(Cl)cc1C(=N)c1ccccc1. The third kappa shape index (κ3) is 6.43. The van der Waals surface area contributed by atoms with Crippen molar-refractivity contribution in [2.75, 3.05) is 18.1 Å². The Labute approximate surface area is 177 Å².